The van der Waals surface area contributed by atoms with E-state index in [-0.39, 0.29) is 5.91 Å². The van der Waals surface area contributed by atoms with Gasteiger partial charge in [-0.15, -0.1) is 0 Å². The number of anilines is 2. The van der Waals surface area contributed by atoms with Gasteiger partial charge in [0.2, 0.25) is 5.95 Å². The first kappa shape index (κ1) is 11.1. The molecule has 0 saturated carbocycles. The minimum atomic E-state index is -0.333. The summed E-state index contributed by atoms with van der Waals surface area (Å²) in [5.74, 6) is 5.39. The first-order valence-electron chi connectivity index (χ1n) is 4.94. The van der Waals surface area contributed by atoms with Crippen LogP contribution in [0.4, 0.5) is 11.6 Å². The van der Waals surface area contributed by atoms with Crippen molar-refractivity contribution in [3.63, 3.8) is 0 Å². The van der Waals surface area contributed by atoms with Gasteiger partial charge in [0.1, 0.15) is 0 Å². The molecular formula is C10H12N6O. The molecule has 88 valence electrons. The van der Waals surface area contributed by atoms with Crippen molar-refractivity contribution in [2.45, 2.75) is 6.92 Å². The molecule has 0 spiro atoms. The lowest BCUT2D eigenvalue weighted by atomic mass is 10.2. The Labute approximate surface area is 97.4 Å². The van der Waals surface area contributed by atoms with E-state index in [2.05, 4.69) is 25.7 Å². The molecule has 7 nitrogen and oxygen atoms in total. The molecule has 0 aromatic carbocycles. The van der Waals surface area contributed by atoms with Crippen molar-refractivity contribution < 1.29 is 4.79 Å². The van der Waals surface area contributed by atoms with Crippen LogP contribution in [0.1, 0.15) is 16.1 Å². The van der Waals surface area contributed by atoms with Crippen molar-refractivity contribution in [2.75, 3.05) is 10.7 Å². The summed E-state index contributed by atoms with van der Waals surface area (Å²) < 4.78 is 0. The number of aromatic nitrogens is 3. The number of nitrogens with zero attached hydrogens (tertiary/aromatic N) is 2. The molecule has 0 aliphatic carbocycles. The molecular weight excluding hydrogens is 220 g/mol. The Morgan fingerprint density at radius 3 is 2.94 bits per heavy atom. The number of carbonyl (C=O) groups is 1. The van der Waals surface area contributed by atoms with E-state index in [1.165, 1.54) is 6.20 Å². The van der Waals surface area contributed by atoms with Gasteiger partial charge in [0.15, 0.2) is 0 Å². The molecule has 0 atom stereocenters. The summed E-state index contributed by atoms with van der Waals surface area (Å²) in [6, 6.07) is 1.69. The fourth-order valence-electron chi connectivity index (χ4n) is 1.37. The van der Waals surface area contributed by atoms with E-state index < -0.39 is 0 Å². The Kier molecular flexibility index (Phi) is 3.01. The molecule has 0 fully saturated rings. The molecule has 5 N–H and O–H groups in total. The van der Waals surface area contributed by atoms with Crippen LogP contribution >= 0.6 is 0 Å². The van der Waals surface area contributed by atoms with Crippen molar-refractivity contribution in [1.82, 2.24) is 15.0 Å². The number of H-pyrrole nitrogens is 1. The molecule has 2 aromatic rings. The van der Waals surface area contributed by atoms with E-state index in [9.17, 15) is 4.79 Å². The highest BCUT2D eigenvalue weighted by Crippen LogP contribution is 2.15. The molecule has 0 aliphatic heterocycles. The number of nitrogens with two attached hydrogens (primary N) is 1. The standard InChI is InChI=1S/C10H12N6O/c1-6-4-8(16-11)7(5-14-6)9(17)15-10-12-2-3-13-10/h2-5H,11H2,1H3,(H,14,16)(H2,12,13,15,17). The van der Waals surface area contributed by atoms with Crippen LogP contribution in [0.25, 0.3) is 0 Å². The number of aryl methyl sites for hydroxylation is 1. The number of pyridine rings is 1. The number of imidazole rings is 1. The quantitative estimate of drug-likeness (QED) is 0.459. The average molecular weight is 232 g/mol. The Hall–Kier alpha value is -2.41. The number of hydrogen-bond donors (Lipinski definition) is 4. The van der Waals surface area contributed by atoms with Crippen LogP contribution in [-0.2, 0) is 0 Å². The zero-order chi connectivity index (χ0) is 12.3. The number of carbonyl (C=O) groups excluding carboxylic acids is 1. The molecule has 0 aliphatic rings. The summed E-state index contributed by atoms with van der Waals surface area (Å²) in [4.78, 5) is 22.6. The SMILES string of the molecule is Cc1cc(NN)c(C(=O)Nc2ncc[nH]2)cn1. The smallest absolute Gasteiger partial charge is 0.261 e. The van der Waals surface area contributed by atoms with Gasteiger partial charge in [0.05, 0.1) is 11.3 Å². The van der Waals surface area contributed by atoms with Crippen LogP contribution < -0.4 is 16.6 Å². The molecule has 0 unspecified atom stereocenters. The Morgan fingerprint density at radius 2 is 2.29 bits per heavy atom. The molecule has 0 radical (unpaired) electrons. The summed E-state index contributed by atoms with van der Waals surface area (Å²) in [6.45, 7) is 1.81. The Morgan fingerprint density at radius 1 is 1.47 bits per heavy atom. The maximum atomic E-state index is 11.9. The van der Waals surface area contributed by atoms with E-state index >= 15 is 0 Å². The molecule has 2 heterocycles. The lowest BCUT2D eigenvalue weighted by Crippen LogP contribution is -2.18. The largest absolute Gasteiger partial charge is 0.331 e. The van der Waals surface area contributed by atoms with E-state index in [4.69, 9.17) is 5.84 Å². The number of hydrogen-bond acceptors (Lipinski definition) is 5. The fraction of sp³-hybridized carbons (Fsp3) is 0.100. The number of nitrogens with one attached hydrogen (secondary N) is 3. The summed E-state index contributed by atoms with van der Waals surface area (Å²) in [5.41, 5.74) is 4.11. The number of aromatic amines is 1. The van der Waals surface area contributed by atoms with E-state index in [1.54, 1.807) is 18.5 Å². The predicted molar refractivity (Wildman–Crippen MR) is 63.3 cm³/mol. The molecule has 17 heavy (non-hydrogen) atoms. The molecule has 2 aromatic heterocycles. The summed E-state index contributed by atoms with van der Waals surface area (Å²) >= 11 is 0. The van der Waals surface area contributed by atoms with Crippen LogP contribution in [0.3, 0.4) is 0 Å². The first-order valence-corrected chi connectivity index (χ1v) is 4.94. The lowest BCUT2D eigenvalue weighted by molar-refractivity contribution is 0.102. The predicted octanol–water partition coefficient (Wildman–Crippen LogP) is 0.651. The van der Waals surface area contributed by atoms with Crippen molar-refractivity contribution in [3.05, 3.63) is 35.9 Å². The third kappa shape index (κ3) is 2.40. The topological polar surface area (TPSA) is 109 Å². The van der Waals surface area contributed by atoms with Crippen LogP contribution in [0, 0.1) is 6.92 Å². The maximum absolute atomic E-state index is 11.9. The van der Waals surface area contributed by atoms with Crippen LogP contribution in [0.2, 0.25) is 0 Å². The summed E-state index contributed by atoms with van der Waals surface area (Å²) in [7, 11) is 0. The molecule has 0 bridgehead atoms. The van der Waals surface area contributed by atoms with E-state index in [1.807, 2.05) is 6.92 Å². The minimum Gasteiger partial charge on any atom is -0.331 e. The van der Waals surface area contributed by atoms with Crippen molar-refractivity contribution in [1.29, 1.82) is 0 Å². The summed E-state index contributed by atoms with van der Waals surface area (Å²) in [6.07, 6.45) is 4.62. The highest BCUT2D eigenvalue weighted by molar-refractivity contribution is 6.07. The highest BCUT2D eigenvalue weighted by Gasteiger charge is 2.12. The Balaban J connectivity index is 2.24. The van der Waals surface area contributed by atoms with Gasteiger partial charge in [0, 0.05) is 24.3 Å². The monoisotopic (exact) mass is 232 g/mol. The Bertz CT molecular complexity index is 522. The van der Waals surface area contributed by atoms with Gasteiger partial charge >= 0.3 is 0 Å². The van der Waals surface area contributed by atoms with Gasteiger partial charge in [-0.05, 0) is 13.0 Å². The number of nitrogen functional groups attached to an aromatic ring is 1. The second kappa shape index (κ2) is 4.62. The first-order chi connectivity index (χ1) is 8.20. The molecule has 2 rings (SSSR count). The molecule has 0 saturated heterocycles. The van der Waals surface area contributed by atoms with E-state index in [0.29, 0.717) is 17.2 Å². The lowest BCUT2D eigenvalue weighted by Gasteiger charge is -2.08. The van der Waals surface area contributed by atoms with Gasteiger partial charge in [-0.1, -0.05) is 0 Å². The van der Waals surface area contributed by atoms with Gasteiger partial charge < -0.3 is 10.4 Å². The fourth-order valence-corrected chi connectivity index (χ4v) is 1.37. The van der Waals surface area contributed by atoms with E-state index in [0.717, 1.165) is 5.69 Å². The third-order valence-electron chi connectivity index (χ3n) is 2.17. The normalized spacial score (nSPS) is 10.0. The van der Waals surface area contributed by atoms with Crippen LogP contribution in [0.15, 0.2) is 24.7 Å². The van der Waals surface area contributed by atoms with Gasteiger partial charge in [-0.2, -0.15) is 0 Å². The van der Waals surface area contributed by atoms with Crippen LogP contribution in [0.5, 0.6) is 0 Å². The zero-order valence-corrected chi connectivity index (χ0v) is 9.19. The highest BCUT2D eigenvalue weighted by atomic mass is 16.1. The summed E-state index contributed by atoms with van der Waals surface area (Å²) in [5, 5.41) is 2.59. The average Bonchev–Trinajstić information content (AvgIpc) is 2.81. The number of rotatable bonds is 3. The van der Waals surface area contributed by atoms with Crippen molar-refractivity contribution in [2.24, 2.45) is 5.84 Å². The third-order valence-corrected chi connectivity index (χ3v) is 2.17. The number of amides is 1. The molecule has 1 amide bonds. The number of hydrazine groups is 1. The molecule has 7 heteroatoms. The van der Waals surface area contributed by atoms with Crippen molar-refractivity contribution in [3.8, 4) is 0 Å². The van der Waals surface area contributed by atoms with Crippen molar-refractivity contribution >= 4 is 17.5 Å². The van der Waals surface area contributed by atoms with Gasteiger partial charge in [0.25, 0.3) is 5.91 Å². The maximum Gasteiger partial charge on any atom is 0.261 e. The minimum absolute atomic E-state index is 0.333. The van der Waals surface area contributed by atoms with Gasteiger partial charge in [-0.25, -0.2) is 4.98 Å². The second-order valence-electron chi connectivity index (χ2n) is 3.41. The zero-order valence-electron chi connectivity index (χ0n) is 9.19. The van der Waals surface area contributed by atoms with Crippen LogP contribution in [-0.4, -0.2) is 20.9 Å². The van der Waals surface area contributed by atoms with Gasteiger partial charge in [-0.3, -0.25) is 20.9 Å². The second-order valence-corrected chi connectivity index (χ2v) is 3.41.